The van der Waals surface area contributed by atoms with Crippen molar-refractivity contribution in [3.63, 3.8) is 0 Å². The van der Waals surface area contributed by atoms with Crippen LogP contribution in [0.15, 0.2) is 24.3 Å². The summed E-state index contributed by atoms with van der Waals surface area (Å²) in [5.41, 5.74) is 1.78. The van der Waals surface area contributed by atoms with Gasteiger partial charge >= 0.3 is 0 Å². The van der Waals surface area contributed by atoms with Gasteiger partial charge in [0, 0.05) is 19.6 Å². The SMILES string of the molecule is CC[C@H](/C=C/C(=O)CCc1cc(OC2CCCC2)c(O)cc1CCO)CCO. The number of carbonyl (C=O) groups excluding carboxylic acids is 1. The first-order valence-corrected chi connectivity index (χ1v) is 10.5. The molecule has 1 aliphatic carbocycles. The fraction of sp³-hybridized carbons (Fsp3) is 0.609. The molecule has 3 N–H and O–H groups in total. The highest BCUT2D eigenvalue weighted by Crippen LogP contribution is 2.34. The van der Waals surface area contributed by atoms with Gasteiger partial charge < -0.3 is 20.1 Å². The average Bonchev–Trinajstić information content (AvgIpc) is 3.19. The fourth-order valence-electron chi connectivity index (χ4n) is 3.71. The maximum absolute atomic E-state index is 12.3. The molecule has 0 aliphatic heterocycles. The molecule has 0 bridgehead atoms. The van der Waals surface area contributed by atoms with E-state index in [1.807, 2.05) is 19.1 Å². The van der Waals surface area contributed by atoms with Crippen molar-refractivity contribution >= 4 is 5.78 Å². The van der Waals surface area contributed by atoms with Crippen LogP contribution in [0.5, 0.6) is 11.5 Å². The van der Waals surface area contributed by atoms with Crippen molar-refractivity contribution < 1.29 is 24.9 Å². The second-order valence-electron chi connectivity index (χ2n) is 7.59. The Morgan fingerprint density at radius 2 is 1.89 bits per heavy atom. The lowest BCUT2D eigenvalue weighted by atomic mass is 9.97. The van der Waals surface area contributed by atoms with E-state index in [-0.39, 0.29) is 36.8 Å². The van der Waals surface area contributed by atoms with Gasteiger partial charge in [0.25, 0.3) is 0 Å². The quantitative estimate of drug-likeness (QED) is 0.474. The molecule has 0 aromatic heterocycles. The molecule has 0 amide bonds. The Morgan fingerprint density at radius 1 is 1.18 bits per heavy atom. The second-order valence-corrected chi connectivity index (χ2v) is 7.59. The summed E-state index contributed by atoms with van der Waals surface area (Å²) in [6.07, 6.45) is 10.8. The van der Waals surface area contributed by atoms with Gasteiger partial charge in [-0.2, -0.15) is 0 Å². The Bertz CT molecular complexity index is 647. The molecule has 0 unspecified atom stereocenters. The largest absolute Gasteiger partial charge is 0.504 e. The highest BCUT2D eigenvalue weighted by Gasteiger charge is 2.19. The molecule has 5 nitrogen and oxygen atoms in total. The Labute approximate surface area is 168 Å². The standard InChI is InChI=1S/C23H34O5/c1-2-17(11-13-24)7-9-20(26)10-8-18-16-23(28-21-5-3-4-6-21)22(27)15-19(18)12-14-25/h7,9,15-17,21,24-25,27H,2-6,8,10-14H2,1H3/b9-7+/t17-/m1/s1. The molecule has 0 spiro atoms. The zero-order valence-corrected chi connectivity index (χ0v) is 16.9. The molecule has 5 heteroatoms. The van der Waals surface area contributed by atoms with Crippen LogP contribution < -0.4 is 4.74 Å². The number of aliphatic hydroxyl groups excluding tert-OH is 2. The summed E-state index contributed by atoms with van der Waals surface area (Å²) in [7, 11) is 0. The molecule has 2 rings (SSSR count). The molecule has 1 aliphatic rings. The number of carbonyl (C=O) groups is 1. The number of benzene rings is 1. The monoisotopic (exact) mass is 390 g/mol. The first-order chi connectivity index (χ1) is 13.6. The number of phenols is 1. The summed E-state index contributed by atoms with van der Waals surface area (Å²) in [4.78, 5) is 12.3. The molecule has 1 aromatic rings. The van der Waals surface area contributed by atoms with Crippen LogP contribution in [0.4, 0.5) is 0 Å². The summed E-state index contributed by atoms with van der Waals surface area (Å²) in [6.45, 7) is 2.15. The van der Waals surface area contributed by atoms with Gasteiger partial charge in [0.1, 0.15) is 0 Å². The van der Waals surface area contributed by atoms with E-state index in [0.29, 0.717) is 31.4 Å². The van der Waals surface area contributed by atoms with Crippen molar-refractivity contribution in [2.45, 2.75) is 70.8 Å². The molecular weight excluding hydrogens is 356 g/mol. The van der Waals surface area contributed by atoms with Gasteiger partial charge in [-0.15, -0.1) is 0 Å². The minimum atomic E-state index is -0.0115. The zero-order valence-electron chi connectivity index (χ0n) is 16.9. The molecule has 0 radical (unpaired) electrons. The summed E-state index contributed by atoms with van der Waals surface area (Å²) in [5.74, 6) is 0.831. The smallest absolute Gasteiger partial charge is 0.161 e. The normalized spacial score (nSPS) is 16.0. The van der Waals surface area contributed by atoms with Crippen LogP contribution in [0.25, 0.3) is 0 Å². The number of ether oxygens (including phenoxy) is 1. The van der Waals surface area contributed by atoms with Crippen molar-refractivity contribution in [3.8, 4) is 11.5 Å². The Kier molecular flexibility index (Phi) is 9.51. The molecule has 1 atom stereocenters. The fourth-order valence-corrected chi connectivity index (χ4v) is 3.71. The number of aromatic hydroxyl groups is 1. The van der Waals surface area contributed by atoms with E-state index in [1.54, 1.807) is 12.1 Å². The lowest BCUT2D eigenvalue weighted by molar-refractivity contribution is -0.114. The third-order valence-corrected chi connectivity index (χ3v) is 5.48. The summed E-state index contributed by atoms with van der Waals surface area (Å²) in [5, 5.41) is 28.7. The maximum Gasteiger partial charge on any atom is 0.161 e. The van der Waals surface area contributed by atoms with Crippen molar-refractivity contribution in [2.75, 3.05) is 13.2 Å². The van der Waals surface area contributed by atoms with Gasteiger partial charge in [-0.25, -0.2) is 0 Å². The van der Waals surface area contributed by atoms with E-state index < -0.39 is 0 Å². The number of phenolic OH excluding ortho intramolecular Hbond substituents is 1. The Hall–Kier alpha value is -1.85. The number of hydrogen-bond acceptors (Lipinski definition) is 5. The lowest BCUT2D eigenvalue weighted by Gasteiger charge is -2.17. The van der Waals surface area contributed by atoms with Crippen LogP contribution in [0.1, 0.15) is 63.0 Å². The highest BCUT2D eigenvalue weighted by atomic mass is 16.5. The van der Waals surface area contributed by atoms with Gasteiger partial charge in [0.15, 0.2) is 17.3 Å². The van der Waals surface area contributed by atoms with Gasteiger partial charge in [-0.3, -0.25) is 4.79 Å². The molecule has 0 heterocycles. The van der Waals surface area contributed by atoms with Crippen LogP contribution in [-0.4, -0.2) is 40.4 Å². The van der Waals surface area contributed by atoms with Crippen LogP contribution in [0.3, 0.4) is 0 Å². The van der Waals surface area contributed by atoms with Crippen LogP contribution in [0, 0.1) is 5.92 Å². The third-order valence-electron chi connectivity index (χ3n) is 5.48. The Balaban J connectivity index is 2.04. The van der Waals surface area contributed by atoms with E-state index in [9.17, 15) is 15.0 Å². The van der Waals surface area contributed by atoms with Crippen molar-refractivity contribution in [1.29, 1.82) is 0 Å². The first kappa shape index (κ1) is 22.4. The molecule has 1 saturated carbocycles. The lowest BCUT2D eigenvalue weighted by Crippen LogP contribution is -2.12. The van der Waals surface area contributed by atoms with Gasteiger partial charge in [0.2, 0.25) is 0 Å². The second kappa shape index (κ2) is 11.9. The number of allylic oxidation sites excluding steroid dienone is 2. The van der Waals surface area contributed by atoms with E-state index in [2.05, 4.69) is 0 Å². The topological polar surface area (TPSA) is 87.0 Å². The third kappa shape index (κ3) is 6.95. The van der Waals surface area contributed by atoms with Crippen molar-refractivity contribution in [1.82, 2.24) is 0 Å². The molecule has 1 aromatic carbocycles. The van der Waals surface area contributed by atoms with E-state index in [1.165, 1.54) is 0 Å². The van der Waals surface area contributed by atoms with Crippen molar-refractivity contribution in [3.05, 3.63) is 35.4 Å². The first-order valence-electron chi connectivity index (χ1n) is 10.5. The van der Waals surface area contributed by atoms with Gasteiger partial charge in [-0.1, -0.05) is 13.0 Å². The highest BCUT2D eigenvalue weighted by molar-refractivity contribution is 5.89. The van der Waals surface area contributed by atoms with E-state index >= 15 is 0 Å². The average molecular weight is 391 g/mol. The predicted molar refractivity (Wildman–Crippen MR) is 110 cm³/mol. The molecule has 1 fully saturated rings. The van der Waals surface area contributed by atoms with Crippen LogP contribution in [0.2, 0.25) is 0 Å². The zero-order chi connectivity index (χ0) is 20.4. The number of rotatable bonds is 12. The maximum atomic E-state index is 12.3. The van der Waals surface area contributed by atoms with Crippen LogP contribution >= 0.6 is 0 Å². The Morgan fingerprint density at radius 3 is 2.54 bits per heavy atom. The summed E-state index contributed by atoms with van der Waals surface area (Å²) in [6, 6.07) is 3.49. The molecule has 156 valence electrons. The van der Waals surface area contributed by atoms with Crippen molar-refractivity contribution in [2.24, 2.45) is 5.92 Å². The van der Waals surface area contributed by atoms with E-state index in [4.69, 9.17) is 9.84 Å². The summed E-state index contributed by atoms with van der Waals surface area (Å²) < 4.78 is 5.97. The molecular formula is C23H34O5. The van der Waals surface area contributed by atoms with Crippen LogP contribution in [-0.2, 0) is 17.6 Å². The minimum Gasteiger partial charge on any atom is -0.504 e. The predicted octanol–water partition coefficient (Wildman–Crippen LogP) is 3.71. The summed E-state index contributed by atoms with van der Waals surface area (Å²) >= 11 is 0. The number of aliphatic hydroxyl groups is 2. The van der Waals surface area contributed by atoms with E-state index in [0.717, 1.165) is 43.2 Å². The van der Waals surface area contributed by atoms with Gasteiger partial charge in [0.05, 0.1) is 6.10 Å². The molecule has 0 saturated heterocycles. The van der Waals surface area contributed by atoms with Gasteiger partial charge in [-0.05, 0) is 86.6 Å². The molecule has 28 heavy (non-hydrogen) atoms. The number of hydrogen-bond donors (Lipinski definition) is 3. The minimum absolute atomic E-state index is 0.0115. The number of aryl methyl sites for hydroxylation is 1. The number of ketones is 1.